The number of fused-ring (bicyclic) bond motifs is 1. The molecule has 0 unspecified atom stereocenters. The van der Waals surface area contributed by atoms with E-state index in [2.05, 4.69) is 15.0 Å². The molecule has 2 aromatic heterocycles. The molecule has 0 bridgehead atoms. The second kappa shape index (κ2) is 6.58. The van der Waals surface area contributed by atoms with Gasteiger partial charge in [-0.3, -0.25) is 9.78 Å². The van der Waals surface area contributed by atoms with Crippen molar-refractivity contribution in [2.75, 3.05) is 0 Å². The molecule has 0 atom stereocenters. The number of rotatable bonds is 4. The van der Waals surface area contributed by atoms with E-state index in [9.17, 15) is 18.0 Å². The highest BCUT2D eigenvalue weighted by atomic mass is 32.2. The number of aromatic amines is 1. The molecule has 128 valence electrons. The number of H-pyrrole nitrogens is 1. The van der Waals surface area contributed by atoms with E-state index >= 15 is 0 Å². The summed E-state index contributed by atoms with van der Waals surface area (Å²) < 4.78 is 38.1. The van der Waals surface area contributed by atoms with E-state index in [-0.39, 0.29) is 17.0 Å². The van der Waals surface area contributed by atoms with Gasteiger partial charge >= 0.3 is 6.18 Å². The lowest BCUT2D eigenvalue weighted by molar-refractivity contribution is -0.127. The molecule has 0 aliphatic heterocycles. The lowest BCUT2D eigenvalue weighted by Gasteiger charge is -2.13. The van der Waals surface area contributed by atoms with Gasteiger partial charge in [-0.1, -0.05) is 11.8 Å². The lowest BCUT2D eigenvalue weighted by Crippen LogP contribution is -2.16. The second-order valence-corrected chi connectivity index (χ2v) is 6.75. The minimum absolute atomic E-state index is 0.0264. The number of halogens is 3. The summed E-state index contributed by atoms with van der Waals surface area (Å²) in [5, 5.41) is 0.446. The zero-order valence-electron chi connectivity index (χ0n) is 13.0. The van der Waals surface area contributed by atoms with Crippen molar-refractivity contribution < 1.29 is 13.2 Å². The molecule has 2 aromatic rings. The van der Waals surface area contributed by atoms with Crippen molar-refractivity contribution in [2.45, 2.75) is 49.7 Å². The summed E-state index contributed by atoms with van der Waals surface area (Å²) in [6, 6.07) is 1.69. The number of pyridine rings is 1. The van der Waals surface area contributed by atoms with Gasteiger partial charge in [-0.05, 0) is 43.4 Å². The summed E-state index contributed by atoms with van der Waals surface area (Å²) >= 11 is 1.23. The van der Waals surface area contributed by atoms with Crippen molar-refractivity contribution in [1.29, 1.82) is 0 Å². The second-order valence-electron chi connectivity index (χ2n) is 5.78. The molecule has 1 aliphatic rings. The molecule has 0 saturated carbocycles. The SMILES string of the molecule is Cc1ccnc(CC(F)(F)F)c1CSc1nc2c(c(=O)[nH]1)CCC2. The van der Waals surface area contributed by atoms with Gasteiger partial charge in [0.2, 0.25) is 0 Å². The van der Waals surface area contributed by atoms with Gasteiger partial charge in [0.05, 0.1) is 17.8 Å². The lowest BCUT2D eigenvalue weighted by atomic mass is 10.1. The number of nitrogens with zero attached hydrogens (tertiary/aromatic N) is 2. The molecule has 1 N–H and O–H groups in total. The van der Waals surface area contributed by atoms with Crippen LogP contribution in [0.4, 0.5) is 13.2 Å². The maximum absolute atomic E-state index is 12.7. The Kier molecular flexibility index (Phi) is 4.67. The van der Waals surface area contributed by atoms with Crippen LogP contribution in [-0.2, 0) is 25.0 Å². The van der Waals surface area contributed by atoms with Gasteiger partial charge in [-0.15, -0.1) is 0 Å². The minimum atomic E-state index is -4.31. The molecular formula is C16H16F3N3OS. The van der Waals surface area contributed by atoms with Crippen molar-refractivity contribution in [1.82, 2.24) is 15.0 Å². The summed E-state index contributed by atoms with van der Waals surface area (Å²) in [6.07, 6.45) is -1.55. The number of aromatic nitrogens is 3. The summed E-state index contributed by atoms with van der Waals surface area (Å²) in [4.78, 5) is 23.0. The Balaban J connectivity index is 1.82. The summed E-state index contributed by atoms with van der Waals surface area (Å²) in [6.45, 7) is 1.76. The first kappa shape index (κ1) is 17.0. The number of aryl methyl sites for hydroxylation is 2. The molecule has 3 rings (SSSR count). The highest BCUT2D eigenvalue weighted by molar-refractivity contribution is 7.98. The van der Waals surface area contributed by atoms with Gasteiger partial charge < -0.3 is 4.98 Å². The van der Waals surface area contributed by atoms with Crippen LogP contribution in [-0.4, -0.2) is 21.1 Å². The van der Waals surface area contributed by atoms with Crippen LogP contribution in [0.1, 0.15) is 34.5 Å². The van der Waals surface area contributed by atoms with Crippen LogP contribution in [0.2, 0.25) is 0 Å². The van der Waals surface area contributed by atoms with Crippen molar-refractivity contribution in [2.24, 2.45) is 0 Å². The van der Waals surface area contributed by atoms with Crippen LogP contribution >= 0.6 is 11.8 Å². The molecule has 1 aliphatic carbocycles. The Morgan fingerprint density at radius 2 is 2.12 bits per heavy atom. The average molecular weight is 355 g/mol. The van der Waals surface area contributed by atoms with E-state index in [1.54, 1.807) is 13.0 Å². The molecule has 2 heterocycles. The minimum Gasteiger partial charge on any atom is -0.301 e. The van der Waals surface area contributed by atoms with E-state index in [0.717, 1.165) is 36.1 Å². The Bertz CT molecular complexity index is 817. The first-order chi connectivity index (χ1) is 11.3. The van der Waals surface area contributed by atoms with Crippen LogP contribution < -0.4 is 5.56 Å². The van der Waals surface area contributed by atoms with E-state index in [1.165, 1.54) is 18.0 Å². The van der Waals surface area contributed by atoms with Crippen molar-refractivity contribution in [3.63, 3.8) is 0 Å². The van der Waals surface area contributed by atoms with Gasteiger partial charge in [-0.25, -0.2) is 4.98 Å². The molecule has 0 amide bonds. The van der Waals surface area contributed by atoms with Crippen LogP contribution in [0.25, 0.3) is 0 Å². The topological polar surface area (TPSA) is 58.6 Å². The third kappa shape index (κ3) is 3.80. The predicted octanol–water partition coefficient (Wildman–Crippen LogP) is 3.36. The molecular weight excluding hydrogens is 339 g/mol. The monoisotopic (exact) mass is 355 g/mol. The Hall–Kier alpha value is -1.83. The van der Waals surface area contributed by atoms with E-state index in [4.69, 9.17) is 0 Å². The number of alkyl halides is 3. The maximum Gasteiger partial charge on any atom is 0.394 e. The van der Waals surface area contributed by atoms with E-state index in [1.807, 2.05) is 0 Å². The highest BCUT2D eigenvalue weighted by Gasteiger charge is 2.30. The molecule has 0 radical (unpaired) electrons. The Morgan fingerprint density at radius 1 is 1.33 bits per heavy atom. The fourth-order valence-corrected chi connectivity index (χ4v) is 3.83. The smallest absolute Gasteiger partial charge is 0.301 e. The van der Waals surface area contributed by atoms with Crippen molar-refractivity contribution in [3.8, 4) is 0 Å². The molecule has 0 aromatic carbocycles. The third-order valence-corrected chi connectivity index (χ3v) is 4.92. The number of nitrogens with one attached hydrogen (secondary N) is 1. The Morgan fingerprint density at radius 3 is 2.88 bits per heavy atom. The van der Waals surface area contributed by atoms with Gasteiger partial charge in [0.1, 0.15) is 0 Å². The van der Waals surface area contributed by atoms with Gasteiger partial charge in [0, 0.05) is 17.5 Å². The number of hydrogen-bond acceptors (Lipinski definition) is 4. The molecule has 4 nitrogen and oxygen atoms in total. The zero-order chi connectivity index (χ0) is 17.3. The first-order valence-corrected chi connectivity index (χ1v) is 8.57. The fraction of sp³-hybridized carbons (Fsp3) is 0.438. The largest absolute Gasteiger partial charge is 0.394 e. The summed E-state index contributed by atoms with van der Waals surface area (Å²) in [7, 11) is 0. The zero-order valence-corrected chi connectivity index (χ0v) is 13.9. The van der Waals surface area contributed by atoms with Crippen LogP contribution in [0.5, 0.6) is 0 Å². The van der Waals surface area contributed by atoms with Crippen LogP contribution in [0, 0.1) is 6.92 Å². The fourth-order valence-electron chi connectivity index (χ4n) is 2.81. The summed E-state index contributed by atoms with van der Waals surface area (Å²) in [5.41, 5.74) is 2.72. The average Bonchev–Trinajstić information content (AvgIpc) is 2.94. The molecule has 0 spiro atoms. The summed E-state index contributed by atoms with van der Waals surface area (Å²) in [5.74, 6) is 0.285. The van der Waals surface area contributed by atoms with Crippen LogP contribution in [0.3, 0.4) is 0 Å². The quantitative estimate of drug-likeness (QED) is 0.675. The molecule has 0 saturated heterocycles. The van der Waals surface area contributed by atoms with Crippen molar-refractivity contribution in [3.05, 3.63) is 50.7 Å². The normalized spacial score (nSPS) is 14.0. The van der Waals surface area contributed by atoms with Crippen LogP contribution in [0.15, 0.2) is 22.2 Å². The standard InChI is InChI=1S/C16H16F3N3OS/c1-9-5-6-20-13(7-16(17,18)19)11(9)8-24-15-21-12-4-2-3-10(12)14(23)22-15/h5-6H,2-4,7-8H2,1H3,(H,21,22,23). The maximum atomic E-state index is 12.7. The predicted molar refractivity (Wildman–Crippen MR) is 85.2 cm³/mol. The number of hydrogen-bond donors (Lipinski definition) is 1. The first-order valence-electron chi connectivity index (χ1n) is 7.58. The van der Waals surface area contributed by atoms with Crippen molar-refractivity contribution >= 4 is 11.8 Å². The number of thioether (sulfide) groups is 1. The molecule has 24 heavy (non-hydrogen) atoms. The van der Waals surface area contributed by atoms with E-state index < -0.39 is 12.6 Å². The van der Waals surface area contributed by atoms with Gasteiger partial charge in [-0.2, -0.15) is 13.2 Å². The Labute approximate surface area is 140 Å². The van der Waals surface area contributed by atoms with Gasteiger partial charge in [0.15, 0.2) is 5.16 Å². The molecule has 0 fully saturated rings. The van der Waals surface area contributed by atoms with Gasteiger partial charge in [0.25, 0.3) is 5.56 Å². The molecule has 8 heteroatoms. The van der Waals surface area contributed by atoms with E-state index in [0.29, 0.717) is 10.7 Å². The highest BCUT2D eigenvalue weighted by Crippen LogP contribution is 2.28. The third-order valence-electron chi connectivity index (χ3n) is 4.02.